The molecule has 0 spiro atoms. The van der Waals surface area contributed by atoms with E-state index in [0.717, 1.165) is 17.9 Å². The lowest BCUT2D eigenvalue weighted by Gasteiger charge is -2.19. The van der Waals surface area contributed by atoms with E-state index in [1.165, 1.54) is 6.92 Å². The minimum atomic E-state index is -0.520. The third kappa shape index (κ3) is 4.08. The highest BCUT2D eigenvalue weighted by Gasteiger charge is 2.22. The van der Waals surface area contributed by atoms with Gasteiger partial charge < -0.3 is 9.30 Å². The molecule has 1 aromatic carbocycles. The first-order chi connectivity index (χ1) is 9.97. The number of aromatic nitrogens is 2. The fourth-order valence-corrected chi connectivity index (χ4v) is 2.31. The first-order valence-corrected chi connectivity index (χ1v) is 7.29. The van der Waals surface area contributed by atoms with Crippen molar-refractivity contribution in [3.05, 3.63) is 53.1 Å². The lowest BCUT2D eigenvalue weighted by atomic mass is 10.1. The molecule has 1 heterocycles. The van der Waals surface area contributed by atoms with Crippen LogP contribution in [0.2, 0.25) is 5.02 Å². The number of carbonyl (C=O) groups excluding carboxylic acids is 1. The van der Waals surface area contributed by atoms with Gasteiger partial charge in [0.2, 0.25) is 0 Å². The molecule has 112 valence electrons. The molecule has 4 nitrogen and oxygen atoms in total. The molecule has 21 heavy (non-hydrogen) atoms. The molecule has 1 aromatic heterocycles. The van der Waals surface area contributed by atoms with Crippen LogP contribution in [0.4, 0.5) is 0 Å². The Morgan fingerprint density at radius 1 is 1.33 bits per heavy atom. The smallest absolute Gasteiger partial charge is 0.303 e. The number of imidazole rings is 1. The summed E-state index contributed by atoms with van der Waals surface area (Å²) in [5.74, 6) is 0.858. The Labute approximate surface area is 129 Å². The Morgan fingerprint density at radius 2 is 2.00 bits per heavy atom. The van der Waals surface area contributed by atoms with Crippen LogP contribution in [0.3, 0.4) is 0 Å². The third-order valence-corrected chi connectivity index (χ3v) is 3.25. The zero-order valence-electron chi connectivity index (χ0n) is 12.4. The summed E-state index contributed by atoms with van der Waals surface area (Å²) in [4.78, 5) is 15.8. The lowest BCUT2D eigenvalue weighted by molar-refractivity contribution is -0.145. The molecule has 2 aromatic rings. The molecule has 0 aliphatic rings. The molecule has 2 rings (SSSR count). The van der Waals surface area contributed by atoms with Crippen molar-refractivity contribution < 1.29 is 9.53 Å². The van der Waals surface area contributed by atoms with E-state index in [2.05, 4.69) is 18.8 Å². The van der Waals surface area contributed by atoms with Gasteiger partial charge in [-0.2, -0.15) is 0 Å². The molecule has 0 aliphatic carbocycles. The number of hydrogen-bond acceptors (Lipinski definition) is 3. The number of benzene rings is 1. The molecule has 0 fully saturated rings. The van der Waals surface area contributed by atoms with E-state index in [-0.39, 0.29) is 5.97 Å². The molecule has 1 unspecified atom stereocenters. The van der Waals surface area contributed by atoms with Crippen molar-refractivity contribution in [2.45, 2.75) is 33.4 Å². The van der Waals surface area contributed by atoms with Crippen LogP contribution < -0.4 is 0 Å². The summed E-state index contributed by atoms with van der Waals surface area (Å²) >= 11 is 5.92. The van der Waals surface area contributed by atoms with Crippen molar-refractivity contribution in [3.63, 3.8) is 0 Å². The van der Waals surface area contributed by atoms with Crippen LogP contribution in [0.25, 0.3) is 0 Å². The topological polar surface area (TPSA) is 44.1 Å². The maximum absolute atomic E-state index is 11.4. The number of hydrogen-bond donors (Lipinski definition) is 0. The Morgan fingerprint density at radius 3 is 2.57 bits per heavy atom. The van der Waals surface area contributed by atoms with Crippen LogP contribution in [-0.2, 0) is 16.1 Å². The minimum absolute atomic E-state index is 0.339. The SMILES string of the molecule is CC(=O)OC(c1ccc(Cl)cc1)c1nccn1CC(C)C. The van der Waals surface area contributed by atoms with Gasteiger partial charge in [0.25, 0.3) is 0 Å². The molecule has 0 radical (unpaired) electrons. The standard InChI is InChI=1S/C16H19ClN2O2/c1-11(2)10-19-9-8-18-16(19)15(21-12(3)20)13-4-6-14(17)7-5-13/h4-9,11,15H,10H2,1-3H3. The zero-order chi connectivity index (χ0) is 15.4. The van der Waals surface area contributed by atoms with Crippen LogP contribution in [0, 0.1) is 5.92 Å². The van der Waals surface area contributed by atoms with Gasteiger partial charge in [0.1, 0.15) is 0 Å². The van der Waals surface area contributed by atoms with Crippen molar-refractivity contribution in [1.29, 1.82) is 0 Å². The van der Waals surface area contributed by atoms with Crippen LogP contribution in [0.1, 0.15) is 38.3 Å². The molecule has 5 heteroatoms. The molecule has 0 amide bonds. The Kier molecular flexibility index (Phi) is 5.02. The van der Waals surface area contributed by atoms with E-state index in [0.29, 0.717) is 10.9 Å². The highest BCUT2D eigenvalue weighted by Crippen LogP contribution is 2.26. The summed E-state index contributed by atoms with van der Waals surface area (Å²) in [6, 6.07) is 7.26. The second kappa shape index (κ2) is 6.76. The Balaban J connectivity index is 2.38. The van der Waals surface area contributed by atoms with E-state index in [9.17, 15) is 4.79 Å². The quantitative estimate of drug-likeness (QED) is 0.788. The third-order valence-electron chi connectivity index (χ3n) is 3.00. The monoisotopic (exact) mass is 306 g/mol. The maximum Gasteiger partial charge on any atom is 0.303 e. The van der Waals surface area contributed by atoms with Gasteiger partial charge in [-0.1, -0.05) is 37.6 Å². The average molecular weight is 307 g/mol. The minimum Gasteiger partial charge on any atom is -0.449 e. The van der Waals surface area contributed by atoms with Gasteiger partial charge in [0.05, 0.1) is 0 Å². The van der Waals surface area contributed by atoms with E-state index in [1.807, 2.05) is 22.9 Å². The van der Waals surface area contributed by atoms with Crippen LogP contribution in [0.5, 0.6) is 0 Å². The molecule has 0 saturated heterocycles. The number of rotatable bonds is 5. The van der Waals surface area contributed by atoms with Crippen molar-refractivity contribution >= 4 is 17.6 Å². The molecule has 0 saturated carbocycles. The number of esters is 1. The molecule has 1 atom stereocenters. The number of ether oxygens (including phenoxy) is 1. The predicted molar refractivity (Wildman–Crippen MR) is 82.1 cm³/mol. The van der Waals surface area contributed by atoms with Gasteiger partial charge in [-0.25, -0.2) is 4.98 Å². The van der Waals surface area contributed by atoms with E-state index >= 15 is 0 Å². The molecule has 0 aliphatic heterocycles. The fraction of sp³-hybridized carbons (Fsp3) is 0.375. The van der Waals surface area contributed by atoms with Crippen LogP contribution in [-0.4, -0.2) is 15.5 Å². The molecule has 0 bridgehead atoms. The van der Waals surface area contributed by atoms with Crippen LogP contribution >= 0.6 is 11.6 Å². The summed E-state index contributed by atoms with van der Waals surface area (Å²) in [5.41, 5.74) is 0.853. The van der Waals surface area contributed by atoms with Gasteiger partial charge in [0, 0.05) is 36.4 Å². The van der Waals surface area contributed by atoms with Gasteiger partial charge in [-0.05, 0) is 18.1 Å². The summed E-state index contributed by atoms with van der Waals surface area (Å²) in [7, 11) is 0. The maximum atomic E-state index is 11.4. The fourth-order valence-electron chi connectivity index (χ4n) is 2.18. The van der Waals surface area contributed by atoms with Gasteiger partial charge in [-0.3, -0.25) is 4.79 Å². The number of nitrogens with zero attached hydrogens (tertiary/aromatic N) is 2. The Bertz CT molecular complexity index is 605. The molecular weight excluding hydrogens is 288 g/mol. The summed E-state index contributed by atoms with van der Waals surface area (Å²) in [5, 5.41) is 0.644. The number of carbonyl (C=O) groups is 1. The van der Waals surface area contributed by atoms with E-state index < -0.39 is 6.10 Å². The first kappa shape index (κ1) is 15.6. The zero-order valence-corrected chi connectivity index (χ0v) is 13.2. The van der Waals surface area contributed by atoms with Crippen molar-refractivity contribution in [2.75, 3.05) is 0 Å². The number of halogens is 1. The second-order valence-corrected chi connectivity index (χ2v) is 5.81. The van der Waals surface area contributed by atoms with Crippen LogP contribution in [0.15, 0.2) is 36.7 Å². The summed E-state index contributed by atoms with van der Waals surface area (Å²) in [6.45, 7) is 6.49. The van der Waals surface area contributed by atoms with E-state index in [1.54, 1.807) is 18.3 Å². The molecular formula is C16H19ClN2O2. The predicted octanol–water partition coefficient (Wildman–Crippen LogP) is 3.85. The van der Waals surface area contributed by atoms with E-state index in [4.69, 9.17) is 16.3 Å². The van der Waals surface area contributed by atoms with Gasteiger partial charge >= 0.3 is 5.97 Å². The normalized spacial score (nSPS) is 12.4. The van der Waals surface area contributed by atoms with Crippen molar-refractivity contribution in [2.24, 2.45) is 5.92 Å². The van der Waals surface area contributed by atoms with Crippen molar-refractivity contribution in [1.82, 2.24) is 9.55 Å². The largest absolute Gasteiger partial charge is 0.449 e. The highest BCUT2D eigenvalue weighted by atomic mass is 35.5. The Hall–Kier alpha value is -1.81. The summed E-state index contributed by atoms with van der Waals surface area (Å²) < 4.78 is 7.50. The van der Waals surface area contributed by atoms with Gasteiger partial charge in [-0.15, -0.1) is 0 Å². The second-order valence-electron chi connectivity index (χ2n) is 5.37. The van der Waals surface area contributed by atoms with Crippen molar-refractivity contribution in [3.8, 4) is 0 Å². The highest BCUT2D eigenvalue weighted by molar-refractivity contribution is 6.30. The first-order valence-electron chi connectivity index (χ1n) is 6.91. The van der Waals surface area contributed by atoms with Gasteiger partial charge in [0.15, 0.2) is 11.9 Å². The molecule has 0 N–H and O–H groups in total. The summed E-state index contributed by atoms with van der Waals surface area (Å²) in [6.07, 6.45) is 3.11. The lowest BCUT2D eigenvalue weighted by Crippen LogP contribution is -2.17. The average Bonchev–Trinajstić information content (AvgIpc) is 2.84.